The molecule has 3 fully saturated rings. The van der Waals surface area contributed by atoms with Crippen molar-refractivity contribution in [2.24, 2.45) is 0 Å². The van der Waals surface area contributed by atoms with Crippen molar-refractivity contribution < 1.29 is 32.6 Å². The van der Waals surface area contributed by atoms with Crippen LogP contribution in [0.5, 0.6) is 0 Å². The summed E-state index contributed by atoms with van der Waals surface area (Å²) in [6.45, 7) is -0.0556. The number of rotatable bonds is 5. The van der Waals surface area contributed by atoms with E-state index in [0.29, 0.717) is 36.3 Å². The highest BCUT2D eigenvalue weighted by Gasteiger charge is 2.60. The molecule has 0 aliphatic carbocycles. The molecule has 1 spiro atoms. The summed E-state index contributed by atoms with van der Waals surface area (Å²) >= 11 is 6.06. The second kappa shape index (κ2) is 10.6. The largest absolute Gasteiger partial charge is 0.445 e. The molecule has 1 unspecified atom stereocenters. The molecule has 3 aromatic rings. The zero-order chi connectivity index (χ0) is 28.8. The zero-order valence-electron chi connectivity index (χ0n) is 22.2. The minimum Gasteiger partial charge on any atom is -0.445 e. The summed E-state index contributed by atoms with van der Waals surface area (Å²) in [7, 11) is -4.08. The van der Waals surface area contributed by atoms with E-state index in [9.17, 15) is 23.1 Å². The average Bonchev–Trinajstić information content (AvgIpc) is 3.31. The van der Waals surface area contributed by atoms with Crippen LogP contribution >= 0.6 is 11.6 Å². The van der Waals surface area contributed by atoms with Crippen molar-refractivity contribution in [3.05, 3.63) is 77.3 Å². The summed E-state index contributed by atoms with van der Waals surface area (Å²) in [6.07, 6.45) is 0.403. The number of sulfonamides is 1. The average molecular weight is 600 g/mol. The molecule has 12 heteroatoms. The Hall–Kier alpha value is -3.22. The lowest BCUT2D eigenvalue weighted by Gasteiger charge is -2.44. The number of fused-ring (bicyclic) bond motifs is 2. The van der Waals surface area contributed by atoms with Gasteiger partial charge in [0.1, 0.15) is 6.61 Å². The molecule has 3 aliphatic heterocycles. The van der Waals surface area contributed by atoms with Gasteiger partial charge >= 0.3 is 6.09 Å². The van der Waals surface area contributed by atoms with Crippen LogP contribution in [0, 0.1) is 0 Å². The molecule has 2 amide bonds. The number of piperidine rings is 1. The van der Waals surface area contributed by atoms with E-state index < -0.39 is 40.0 Å². The van der Waals surface area contributed by atoms with E-state index in [-0.39, 0.29) is 31.1 Å². The summed E-state index contributed by atoms with van der Waals surface area (Å²) < 4.78 is 40.3. The Morgan fingerprint density at radius 1 is 1.00 bits per heavy atom. The van der Waals surface area contributed by atoms with Crippen molar-refractivity contribution in [3.8, 4) is 0 Å². The predicted molar refractivity (Wildman–Crippen MR) is 150 cm³/mol. The lowest BCUT2D eigenvalue weighted by Crippen LogP contribution is -2.65. The third kappa shape index (κ3) is 5.17. The molecule has 3 heterocycles. The lowest BCUT2D eigenvalue weighted by atomic mass is 9.91. The number of likely N-dealkylation sites (tertiary alicyclic amines) is 1. The van der Waals surface area contributed by atoms with E-state index in [0.717, 1.165) is 15.3 Å². The molecule has 10 nitrogen and oxygen atoms in total. The van der Waals surface area contributed by atoms with Crippen LogP contribution in [0.15, 0.2) is 71.6 Å². The van der Waals surface area contributed by atoms with Crippen LogP contribution in [-0.4, -0.2) is 90.3 Å². The van der Waals surface area contributed by atoms with Gasteiger partial charge in [0, 0.05) is 18.1 Å². The van der Waals surface area contributed by atoms with E-state index >= 15 is 0 Å². The summed E-state index contributed by atoms with van der Waals surface area (Å²) in [4.78, 5) is 29.1. The van der Waals surface area contributed by atoms with Crippen LogP contribution in [-0.2, 0) is 30.9 Å². The molecule has 0 aromatic heterocycles. The van der Waals surface area contributed by atoms with Gasteiger partial charge in [0.15, 0.2) is 5.72 Å². The van der Waals surface area contributed by atoms with Crippen LogP contribution in [0.4, 0.5) is 4.79 Å². The summed E-state index contributed by atoms with van der Waals surface area (Å²) in [5.74, 6) is -0.442. The standard InChI is InChI=1S/C29H30ClN3O7S/c30-24-8-6-23-15-25(9-7-22(23)14-24)41(37,38)32-16-26(35)33-18-28(40-29(33,19-32)20-34)10-12-31(13-11-28)27(36)39-17-21-4-2-1-3-5-21/h1-9,14-15,34H,10-13,16-20H2. The van der Waals surface area contributed by atoms with E-state index in [1.165, 1.54) is 11.0 Å². The molecule has 41 heavy (non-hydrogen) atoms. The van der Waals surface area contributed by atoms with Crippen LogP contribution in [0.3, 0.4) is 0 Å². The van der Waals surface area contributed by atoms with Gasteiger partial charge in [-0.05, 0) is 53.4 Å². The van der Waals surface area contributed by atoms with E-state index in [1.54, 1.807) is 35.2 Å². The van der Waals surface area contributed by atoms with Crippen molar-refractivity contribution in [3.63, 3.8) is 0 Å². The van der Waals surface area contributed by atoms with Gasteiger partial charge in [-0.1, -0.05) is 54.1 Å². The number of benzene rings is 3. The molecule has 3 saturated heterocycles. The highest BCUT2D eigenvalue weighted by atomic mass is 35.5. The number of piperazine rings is 1. The SMILES string of the molecule is O=C(OCc1ccccc1)N1CCC2(CC1)CN1C(=O)CN(S(=O)(=O)c3ccc4cc(Cl)ccc4c3)CC1(CO)O2. The number of aliphatic hydroxyl groups is 1. The molecule has 1 atom stereocenters. The van der Waals surface area contributed by atoms with Crippen molar-refractivity contribution in [1.29, 1.82) is 0 Å². The fourth-order valence-electron chi connectivity index (χ4n) is 5.93. The van der Waals surface area contributed by atoms with Crippen molar-refractivity contribution in [2.75, 3.05) is 39.3 Å². The van der Waals surface area contributed by atoms with Crippen LogP contribution in [0.25, 0.3) is 10.8 Å². The fourth-order valence-corrected chi connectivity index (χ4v) is 7.58. The first-order chi connectivity index (χ1) is 19.6. The van der Waals surface area contributed by atoms with Crippen molar-refractivity contribution in [2.45, 2.75) is 35.7 Å². The number of nitrogens with zero attached hydrogens (tertiary/aromatic N) is 3. The van der Waals surface area contributed by atoms with Crippen molar-refractivity contribution in [1.82, 2.24) is 14.1 Å². The molecular weight excluding hydrogens is 570 g/mol. The maximum absolute atomic E-state index is 13.7. The molecule has 0 bridgehead atoms. The highest BCUT2D eigenvalue weighted by molar-refractivity contribution is 7.89. The van der Waals surface area contributed by atoms with Gasteiger partial charge in [0.25, 0.3) is 0 Å². The molecule has 0 saturated carbocycles. The molecule has 3 aromatic carbocycles. The van der Waals surface area contributed by atoms with Crippen LogP contribution < -0.4 is 0 Å². The van der Waals surface area contributed by atoms with E-state index in [4.69, 9.17) is 21.1 Å². The second-order valence-electron chi connectivity index (χ2n) is 10.8. The van der Waals surface area contributed by atoms with E-state index in [2.05, 4.69) is 0 Å². The third-order valence-corrected chi connectivity index (χ3v) is 10.2. The van der Waals surface area contributed by atoms with Gasteiger partial charge < -0.3 is 24.4 Å². The minimum absolute atomic E-state index is 0.0386. The van der Waals surface area contributed by atoms with Gasteiger partial charge in [0.05, 0.1) is 36.7 Å². The Balaban J connectivity index is 1.16. The van der Waals surface area contributed by atoms with Crippen LogP contribution in [0.1, 0.15) is 18.4 Å². The van der Waals surface area contributed by atoms with E-state index in [1.807, 2.05) is 30.3 Å². The molecule has 3 aliphatic rings. The Kier molecular flexibility index (Phi) is 7.19. The van der Waals surface area contributed by atoms with Gasteiger partial charge in [0.2, 0.25) is 15.9 Å². The minimum atomic E-state index is -4.08. The predicted octanol–water partition coefficient (Wildman–Crippen LogP) is 3.22. The highest BCUT2D eigenvalue weighted by Crippen LogP contribution is 2.43. The van der Waals surface area contributed by atoms with Gasteiger partial charge in [-0.3, -0.25) is 4.79 Å². The number of hydrogen-bond acceptors (Lipinski definition) is 7. The fraction of sp³-hybridized carbons (Fsp3) is 0.379. The normalized spacial score (nSPS) is 22.7. The summed E-state index contributed by atoms with van der Waals surface area (Å²) in [5.41, 5.74) is -1.43. The number of aliphatic hydroxyl groups excluding tert-OH is 1. The Labute approximate surface area is 243 Å². The number of carbonyl (C=O) groups excluding carboxylic acids is 2. The summed E-state index contributed by atoms with van der Waals surface area (Å²) in [5, 5.41) is 12.5. The number of carbonyl (C=O) groups is 2. The number of amides is 2. The molecular formula is C29H30ClN3O7S. The Bertz CT molecular complexity index is 1590. The molecule has 6 rings (SSSR count). The number of ether oxygens (including phenoxy) is 2. The maximum Gasteiger partial charge on any atom is 0.410 e. The Morgan fingerprint density at radius 2 is 1.71 bits per heavy atom. The summed E-state index contributed by atoms with van der Waals surface area (Å²) in [6, 6.07) is 19.3. The van der Waals surface area contributed by atoms with Crippen molar-refractivity contribution >= 4 is 44.4 Å². The first-order valence-corrected chi connectivity index (χ1v) is 15.2. The molecule has 216 valence electrons. The third-order valence-electron chi connectivity index (χ3n) is 8.18. The zero-order valence-corrected chi connectivity index (χ0v) is 23.8. The molecule has 0 radical (unpaired) electrons. The molecule has 1 N–H and O–H groups in total. The first-order valence-electron chi connectivity index (χ1n) is 13.4. The lowest BCUT2D eigenvalue weighted by molar-refractivity contribution is -0.193. The van der Waals surface area contributed by atoms with Gasteiger partial charge in [-0.25, -0.2) is 13.2 Å². The second-order valence-corrected chi connectivity index (χ2v) is 13.2. The number of hydrogen-bond donors (Lipinski definition) is 1. The monoisotopic (exact) mass is 599 g/mol. The van der Waals surface area contributed by atoms with Crippen LogP contribution in [0.2, 0.25) is 5.02 Å². The number of halogens is 1. The Morgan fingerprint density at radius 3 is 2.44 bits per heavy atom. The smallest absolute Gasteiger partial charge is 0.410 e. The topological polar surface area (TPSA) is 117 Å². The maximum atomic E-state index is 13.7. The van der Waals surface area contributed by atoms with Gasteiger partial charge in [-0.15, -0.1) is 0 Å². The van der Waals surface area contributed by atoms with Gasteiger partial charge in [-0.2, -0.15) is 4.31 Å². The quantitative estimate of drug-likeness (QED) is 0.479. The first kappa shape index (κ1) is 27.9.